The van der Waals surface area contributed by atoms with E-state index >= 15 is 0 Å². The van der Waals surface area contributed by atoms with Crippen LogP contribution in [0.1, 0.15) is 25.0 Å². The quantitative estimate of drug-likeness (QED) is 0.829. The van der Waals surface area contributed by atoms with Crippen LogP contribution < -0.4 is 9.64 Å². The zero-order valence-electron chi connectivity index (χ0n) is 12.2. The summed E-state index contributed by atoms with van der Waals surface area (Å²) < 4.78 is 5.64. The molecule has 0 bridgehead atoms. The molecule has 2 nitrogen and oxygen atoms in total. The van der Waals surface area contributed by atoms with Gasteiger partial charge in [-0.2, -0.15) is 0 Å². The highest BCUT2D eigenvalue weighted by atomic mass is 16.5. The molecule has 0 saturated carbocycles. The lowest BCUT2D eigenvalue weighted by Gasteiger charge is -2.25. The Kier molecular flexibility index (Phi) is 3.64. The molecule has 0 fully saturated rings. The van der Waals surface area contributed by atoms with Gasteiger partial charge in [0.1, 0.15) is 5.75 Å². The topological polar surface area (TPSA) is 12.5 Å². The number of anilines is 1. The summed E-state index contributed by atoms with van der Waals surface area (Å²) >= 11 is 0. The van der Waals surface area contributed by atoms with Crippen molar-refractivity contribution in [2.24, 2.45) is 0 Å². The van der Waals surface area contributed by atoms with E-state index in [0.717, 1.165) is 18.7 Å². The highest BCUT2D eigenvalue weighted by Crippen LogP contribution is 2.36. The summed E-state index contributed by atoms with van der Waals surface area (Å²) in [4.78, 5) is 2.48. The molecule has 2 aromatic carbocycles. The normalized spacial score (nSPS) is 17.1. The zero-order chi connectivity index (χ0) is 13.9. The van der Waals surface area contributed by atoms with E-state index in [1.165, 1.54) is 16.8 Å². The molecule has 20 heavy (non-hydrogen) atoms. The summed E-state index contributed by atoms with van der Waals surface area (Å²) in [5, 5.41) is 0. The average Bonchev–Trinajstić information content (AvgIpc) is 2.77. The van der Waals surface area contributed by atoms with Gasteiger partial charge in [-0.05, 0) is 37.5 Å². The number of hydrogen-bond acceptors (Lipinski definition) is 2. The largest absolute Gasteiger partial charge is 0.494 e. The Morgan fingerprint density at radius 2 is 1.95 bits per heavy atom. The number of rotatable bonds is 4. The van der Waals surface area contributed by atoms with Crippen molar-refractivity contribution < 1.29 is 4.74 Å². The smallest absolute Gasteiger partial charge is 0.121 e. The molecule has 0 radical (unpaired) electrons. The summed E-state index contributed by atoms with van der Waals surface area (Å²) in [7, 11) is 0. The molecule has 1 heterocycles. The fourth-order valence-corrected chi connectivity index (χ4v) is 2.93. The van der Waals surface area contributed by atoms with Gasteiger partial charge in [0.25, 0.3) is 0 Å². The van der Waals surface area contributed by atoms with E-state index in [1.807, 2.05) is 6.92 Å². The second kappa shape index (κ2) is 5.58. The average molecular weight is 267 g/mol. The van der Waals surface area contributed by atoms with Gasteiger partial charge in [-0.25, -0.2) is 0 Å². The Balaban J connectivity index is 1.88. The van der Waals surface area contributed by atoms with Crippen molar-refractivity contribution in [3.05, 3.63) is 59.7 Å². The molecule has 0 amide bonds. The van der Waals surface area contributed by atoms with Crippen LogP contribution in [-0.2, 0) is 13.0 Å². The molecule has 1 aliphatic heterocycles. The van der Waals surface area contributed by atoms with Crippen molar-refractivity contribution in [2.45, 2.75) is 32.9 Å². The third-order valence-corrected chi connectivity index (χ3v) is 3.92. The predicted molar refractivity (Wildman–Crippen MR) is 83.4 cm³/mol. The van der Waals surface area contributed by atoms with Gasteiger partial charge in [0, 0.05) is 24.3 Å². The molecular formula is C18H21NO. The fraction of sp³-hybridized carbons (Fsp3) is 0.333. The van der Waals surface area contributed by atoms with E-state index in [4.69, 9.17) is 4.74 Å². The van der Waals surface area contributed by atoms with Crippen LogP contribution in [-0.4, -0.2) is 12.6 Å². The maximum absolute atomic E-state index is 5.64. The third kappa shape index (κ3) is 2.51. The van der Waals surface area contributed by atoms with Crippen LogP contribution >= 0.6 is 0 Å². The van der Waals surface area contributed by atoms with Gasteiger partial charge in [0.2, 0.25) is 0 Å². The molecule has 0 spiro atoms. The lowest BCUT2D eigenvalue weighted by Crippen LogP contribution is -2.28. The Hall–Kier alpha value is -1.96. The molecule has 1 unspecified atom stereocenters. The summed E-state index contributed by atoms with van der Waals surface area (Å²) in [6.07, 6.45) is 1.12. The minimum atomic E-state index is 0.544. The molecule has 2 heteroatoms. The molecule has 0 N–H and O–H groups in total. The Morgan fingerprint density at radius 3 is 2.70 bits per heavy atom. The lowest BCUT2D eigenvalue weighted by atomic mass is 10.1. The highest BCUT2D eigenvalue weighted by molar-refractivity contribution is 5.62. The van der Waals surface area contributed by atoms with E-state index in [1.54, 1.807) is 0 Å². The molecule has 2 aromatic rings. The number of ether oxygens (including phenoxy) is 1. The van der Waals surface area contributed by atoms with Crippen LogP contribution in [0.25, 0.3) is 0 Å². The first kappa shape index (κ1) is 13.0. The van der Waals surface area contributed by atoms with E-state index in [-0.39, 0.29) is 0 Å². The van der Waals surface area contributed by atoms with Crippen molar-refractivity contribution in [1.29, 1.82) is 0 Å². The van der Waals surface area contributed by atoms with Crippen LogP contribution in [0.4, 0.5) is 5.69 Å². The zero-order valence-corrected chi connectivity index (χ0v) is 12.2. The molecule has 0 aliphatic carbocycles. The summed E-state index contributed by atoms with van der Waals surface area (Å²) in [6, 6.07) is 17.7. The maximum atomic E-state index is 5.64. The third-order valence-electron chi connectivity index (χ3n) is 3.92. The van der Waals surface area contributed by atoms with Gasteiger partial charge < -0.3 is 9.64 Å². The van der Waals surface area contributed by atoms with Crippen molar-refractivity contribution in [3.63, 3.8) is 0 Å². The van der Waals surface area contributed by atoms with Crippen LogP contribution in [0.2, 0.25) is 0 Å². The number of nitrogens with zero attached hydrogens (tertiary/aromatic N) is 1. The standard InChI is InChI=1S/C18H21NO/c1-3-20-17-10-9-16-11-14(2)19(18(16)12-17)13-15-7-5-4-6-8-15/h4-10,12,14H,3,11,13H2,1-2H3. The molecule has 1 aliphatic rings. The SMILES string of the molecule is CCOc1ccc2c(c1)N(Cc1ccccc1)C(C)C2. The van der Waals surface area contributed by atoms with Gasteiger partial charge in [-0.15, -0.1) is 0 Å². The van der Waals surface area contributed by atoms with Crippen LogP contribution in [0.3, 0.4) is 0 Å². The second-order valence-corrected chi connectivity index (χ2v) is 5.39. The number of hydrogen-bond donors (Lipinski definition) is 0. The first-order chi connectivity index (χ1) is 9.78. The van der Waals surface area contributed by atoms with Crippen LogP contribution in [0.5, 0.6) is 5.75 Å². The van der Waals surface area contributed by atoms with Gasteiger partial charge >= 0.3 is 0 Å². The highest BCUT2D eigenvalue weighted by Gasteiger charge is 2.26. The van der Waals surface area contributed by atoms with Gasteiger partial charge in [-0.3, -0.25) is 0 Å². The Morgan fingerprint density at radius 1 is 1.15 bits per heavy atom. The second-order valence-electron chi connectivity index (χ2n) is 5.39. The molecule has 0 saturated heterocycles. The monoisotopic (exact) mass is 267 g/mol. The summed E-state index contributed by atoms with van der Waals surface area (Å²) in [6.45, 7) is 6.00. The van der Waals surface area contributed by atoms with Gasteiger partial charge in [0.15, 0.2) is 0 Å². The Labute approximate surface area is 121 Å². The van der Waals surface area contributed by atoms with Crippen molar-refractivity contribution >= 4 is 5.69 Å². The summed E-state index contributed by atoms with van der Waals surface area (Å²) in [5.41, 5.74) is 4.11. The first-order valence-corrected chi connectivity index (χ1v) is 7.34. The van der Waals surface area contributed by atoms with E-state index in [2.05, 4.69) is 60.4 Å². The lowest BCUT2D eigenvalue weighted by molar-refractivity contribution is 0.340. The minimum Gasteiger partial charge on any atom is -0.494 e. The number of benzene rings is 2. The van der Waals surface area contributed by atoms with Crippen LogP contribution in [0, 0.1) is 0 Å². The molecular weight excluding hydrogens is 246 g/mol. The van der Waals surface area contributed by atoms with E-state index in [0.29, 0.717) is 12.6 Å². The van der Waals surface area contributed by atoms with Crippen molar-refractivity contribution in [3.8, 4) is 5.75 Å². The molecule has 1 atom stereocenters. The van der Waals surface area contributed by atoms with Crippen LogP contribution in [0.15, 0.2) is 48.5 Å². The molecule has 0 aromatic heterocycles. The summed E-state index contributed by atoms with van der Waals surface area (Å²) in [5.74, 6) is 0.971. The van der Waals surface area contributed by atoms with Gasteiger partial charge in [-0.1, -0.05) is 36.4 Å². The first-order valence-electron chi connectivity index (χ1n) is 7.34. The van der Waals surface area contributed by atoms with E-state index < -0.39 is 0 Å². The predicted octanol–water partition coefficient (Wildman–Crippen LogP) is 4.04. The van der Waals surface area contributed by atoms with E-state index in [9.17, 15) is 0 Å². The Bertz CT molecular complexity index is 579. The van der Waals surface area contributed by atoms with Gasteiger partial charge in [0.05, 0.1) is 6.61 Å². The molecule has 104 valence electrons. The fourth-order valence-electron chi connectivity index (χ4n) is 2.93. The van der Waals surface area contributed by atoms with Crippen molar-refractivity contribution in [2.75, 3.05) is 11.5 Å². The number of fused-ring (bicyclic) bond motifs is 1. The maximum Gasteiger partial charge on any atom is 0.121 e. The van der Waals surface area contributed by atoms with Crippen molar-refractivity contribution in [1.82, 2.24) is 0 Å². The minimum absolute atomic E-state index is 0.544. The molecule has 3 rings (SSSR count).